The first-order valence-electron chi connectivity index (χ1n) is 9.39. The number of fused-ring (bicyclic) bond motifs is 2. The standard InChI is InChI=1S/C20H21N5O5/c1-10-13(20(28)21-18-17(10)11(2)24-25(18)3)5-7-16(26)22-23-19(27)12-4-6-14-15(8-12)30-9-29-14/h4,6,8H,5,7,9H2,1-3H3,(H,21,28)(H,22,26)(H,23,27). The van der Waals surface area contributed by atoms with Crippen LogP contribution in [-0.2, 0) is 18.3 Å². The van der Waals surface area contributed by atoms with E-state index in [0.717, 1.165) is 16.6 Å². The zero-order chi connectivity index (χ0) is 21.4. The minimum atomic E-state index is -0.483. The molecule has 10 nitrogen and oxygen atoms in total. The number of aromatic amines is 1. The van der Waals surface area contributed by atoms with Gasteiger partial charge in [0.25, 0.3) is 11.5 Å². The molecule has 0 aliphatic carbocycles. The van der Waals surface area contributed by atoms with Crippen molar-refractivity contribution >= 4 is 22.8 Å². The molecule has 3 aromatic rings. The molecule has 0 bridgehead atoms. The lowest BCUT2D eigenvalue weighted by molar-refractivity contribution is -0.121. The van der Waals surface area contributed by atoms with Gasteiger partial charge in [-0.05, 0) is 44.0 Å². The Morgan fingerprint density at radius 2 is 1.97 bits per heavy atom. The summed E-state index contributed by atoms with van der Waals surface area (Å²) in [6.45, 7) is 3.83. The van der Waals surface area contributed by atoms with Gasteiger partial charge in [-0.1, -0.05) is 0 Å². The van der Waals surface area contributed by atoms with Gasteiger partial charge in [0.1, 0.15) is 5.65 Å². The molecule has 0 saturated carbocycles. The molecule has 10 heteroatoms. The van der Waals surface area contributed by atoms with Gasteiger partial charge in [0.15, 0.2) is 11.5 Å². The van der Waals surface area contributed by atoms with Crippen LogP contribution in [0.2, 0.25) is 0 Å². The van der Waals surface area contributed by atoms with Crippen molar-refractivity contribution in [1.29, 1.82) is 0 Å². The largest absolute Gasteiger partial charge is 0.454 e. The first-order chi connectivity index (χ1) is 14.3. The number of aromatic nitrogens is 3. The van der Waals surface area contributed by atoms with E-state index in [-0.39, 0.29) is 25.2 Å². The molecule has 3 heterocycles. The van der Waals surface area contributed by atoms with Crippen LogP contribution >= 0.6 is 0 Å². The maximum absolute atomic E-state index is 12.5. The lowest BCUT2D eigenvalue weighted by Gasteiger charge is -2.09. The van der Waals surface area contributed by atoms with E-state index >= 15 is 0 Å². The molecule has 1 aliphatic heterocycles. The maximum Gasteiger partial charge on any atom is 0.269 e. The first kappa shape index (κ1) is 19.5. The maximum atomic E-state index is 12.5. The normalized spacial score (nSPS) is 12.2. The number of carbonyl (C=O) groups excluding carboxylic acids is 2. The Morgan fingerprint density at radius 1 is 1.20 bits per heavy atom. The summed E-state index contributed by atoms with van der Waals surface area (Å²) in [5.41, 5.74) is 7.59. The van der Waals surface area contributed by atoms with Crippen molar-refractivity contribution in [3.63, 3.8) is 0 Å². The monoisotopic (exact) mass is 411 g/mol. The second-order valence-corrected chi connectivity index (χ2v) is 7.06. The number of nitrogens with one attached hydrogen (secondary N) is 3. The van der Waals surface area contributed by atoms with Crippen LogP contribution in [0.4, 0.5) is 0 Å². The van der Waals surface area contributed by atoms with Crippen LogP contribution in [0.5, 0.6) is 11.5 Å². The number of nitrogens with zero attached hydrogens (tertiary/aromatic N) is 2. The Labute approximate surface area is 171 Å². The topological polar surface area (TPSA) is 127 Å². The van der Waals surface area contributed by atoms with Crippen molar-refractivity contribution < 1.29 is 19.1 Å². The highest BCUT2D eigenvalue weighted by molar-refractivity contribution is 5.96. The van der Waals surface area contributed by atoms with Crippen LogP contribution in [0.25, 0.3) is 11.0 Å². The molecule has 0 atom stereocenters. The highest BCUT2D eigenvalue weighted by Gasteiger charge is 2.18. The molecule has 3 N–H and O–H groups in total. The molecule has 4 rings (SSSR count). The van der Waals surface area contributed by atoms with Gasteiger partial charge in [0, 0.05) is 30.0 Å². The summed E-state index contributed by atoms with van der Waals surface area (Å²) in [6, 6.07) is 4.74. The summed E-state index contributed by atoms with van der Waals surface area (Å²) in [4.78, 5) is 39.7. The minimum Gasteiger partial charge on any atom is -0.454 e. The molecule has 2 aromatic heterocycles. The third-order valence-corrected chi connectivity index (χ3v) is 5.11. The van der Waals surface area contributed by atoms with E-state index in [1.807, 2.05) is 13.8 Å². The van der Waals surface area contributed by atoms with Crippen LogP contribution in [-0.4, -0.2) is 33.4 Å². The predicted octanol–water partition coefficient (Wildman–Crippen LogP) is 1.00. The van der Waals surface area contributed by atoms with Crippen LogP contribution in [0.15, 0.2) is 23.0 Å². The zero-order valence-corrected chi connectivity index (χ0v) is 16.8. The summed E-state index contributed by atoms with van der Waals surface area (Å²) in [7, 11) is 1.76. The number of hydrogen-bond donors (Lipinski definition) is 3. The fraction of sp³-hybridized carbons (Fsp3) is 0.300. The predicted molar refractivity (Wildman–Crippen MR) is 107 cm³/mol. The number of aryl methyl sites for hydroxylation is 3. The van der Waals surface area contributed by atoms with E-state index in [0.29, 0.717) is 28.3 Å². The number of benzene rings is 1. The Bertz CT molecular complexity index is 1230. The third-order valence-electron chi connectivity index (χ3n) is 5.11. The summed E-state index contributed by atoms with van der Waals surface area (Å²) in [5, 5.41) is 5.21. The quantitative estimate of drug-likeness (QED) is 0.550. The number of hydrazine groups is 1. The molecule has 30 heavy (non-hydrogen) atoms. The van der Waals surface area contributed by atoms with Crippen LogP contribution in [0.3, 0.4) is 0 Å². The van der Waals surface area contributed by atoms with E-state index in [9.17, 15) is 14.4 Å². The first-order valence-corrected chi connectivity index (χ1v) is 9.39. The van der Waals surface area contributed by atoms with Gasteiger partial charge in [-0.25, -0.2) is 0 Å². The fourth-order valence-corrected chi connectivity index (χ4v) is 3.59. The highest BCUT2D eigenvalue weighted by atomic mass is 16.7. The van der Waals surface area contributed by atoms with Gasteiger partial charge >= 0.3 is 0 Å². The average molecular weight is 411 g/mol. The molecule has 0 saturated heterocycles. The molecule has 2 amide bonds. The van der Waals surface area contributed by atoms with Gasteiger partial charge in [-0.3, -0.25) is 29.9 Å². The van der Waals surface area contributed by atoms with E-state index in [2.05, 4.69) is 20.9 Å². The minimum absolute atomic E-state index is 0.0379. The van der Waals surface area contributed by atoms with Crippen molar-refractivity contribution in [3.05, 3.63) is 50.9 Å². The van der Waals surface area contributed by atoms with Crippen LogP contribution < -0.4 is 25.9 Å². The second kappa shape index (κ2) is 7.54. The van der Waals surface area contributed by atoms with E-state index in [4.69, 9.17) is 9.47 Å². The molecular weight excluding hydrogens is 390 g/mol. The fourth-order valence-electron chi connectivity index (χ4n) is 3.59. The average Bonchev–Trinajstić information content (AvgIpc) is 3.29. The second-order valence-electron chi connectivity index (χ2n) is 7.06. The third kappa shape index (κ3) is 3.47. The number of pyridine rings is 1. The Kier molecular flexibility index (Phi) is 4.90. The summed E-state index contributed by atoms with van der Waals surface area (Å²) >= 11 is 0. The number of rotatable bonds is 4. The van der Waals surface area contributed by atoms with E-state index < -0.39 is 11.8 Å². The van der Waals surface area contributed by atoms with Crippen molar-refractivity contribution in [2.75, 3.05) is 6.79 Å². The highest BCUT2D eigenvalue weighted by Crippen LogP contribution is 2.32. The number of carbonyl (C=O) groups is 2. The zero-order valence-electron chi connectivity index (χ0n) is 16.8. The number of H-pyrrole nitrogens is 1. The molecule has 1 aromatic carbocycles. The lowest BCUT2D eigenvalue weighted by Crippen LogP contribution is -2.41. The Hall–Kier alpha value is -3.82. The SMILES string of the molecule is Cc1nn(C)c2[nH]c(=O)c(CCC(=O)NNC(=O)c3ccc4c(c3)OCO4)c(C)c12. The van der Waals surface area contributed by atoms with Crippen molar-refractivity contribution in [2.24, 2.45) is 7.05 Å². The molecule has 0 unspecified atom stereocenters. The summed E-state index contributed by atoms with van der Waals surface area (Å²) < 4.78 is 12.1. The Morgan fingerprint density at radius 3 is 2.77 bits per heavy atom. The Balaban J connectivity index is 1.39. The van der Waals surface area contributed by atoms with Gasteiger partial charge in [-0.2, -0.15) is 5.10 Å². The van der Waals surface area contributed by atoms with Crippen molar-refractivity contribution in [2.45, 2.75) is 26.7 Å². The summed E-state index contributed by atoms with van der Waals surface area (Å²) in [6.07, 6.45) is 0.271. The van der Waals surface area contributed by atoms with Gasteiger partial charge in [-0.15, -0.1) is 0 Å². The molecule has 0 radical (unpaired) electrons. The molecule has 156 valence electrons. The van der Waals surface area contributed by atoms with Gasteiger partial charge in [0.2, 0.25) is 12.7 Å². The van der Waals surface area contributed by atoms with Gasteiger partial charge in [0.05, 0.1) is 5.69 Å². The molecule has 0 spiro atoms. The molecule has 0 fully saturated rings. The van der Waals surface area contributed by atoms with Crippen LogP contribution in [0.1, 0.15) is 33.6 Å². The summed E-state index contributed by atoms with van der Waals surface area (Å²) in [5.74, 6) is 0.149. The number of hydrogen-bond acceptors (Lipinski definition) is 6. The molecule has 1 aliphatic rings. The molecular formula is C20H21N5O5. The van der Waals surface area contributed by atoms with Crippen molar-refractivity contribution in [3.8, 4) is 11.5 Å². The van der Waals surface area contributed by atoms with E-state index in [1.165, 1.54) is 6.07 Å². The van der Waals surface area contributed by atoms with Crippen LogP contribution in [0, 0.1) is 13.8 Å². The number of ether oxygens (including phenoxy) is 2. The van der Waals surface area contributed by atoms with Crippen molar-refractivity contribution in [1.82, 2.24) is 25.6 Å². The van der Waals surface area contributed by atoms with Gasteiger partial charge < -0.3 is 14.5 Å². The smallest absolute Gasteiger partial charge is 0.269 e. The van der Waals surface area contributed by atoms with E-state index in [1.54, 1.807) is 23.9 Å². The number of amides is 2. The lowest BCUT2D eigenvalue weighted by atomic mass is 10.0.